The highest BCUT2D eigenvalue weighted by Gasteiger charge is 2.16. The predicted octanol–water partition coefficient (Wildman–Crippen LogP) is 2.15. The summed E-state index contributed by atoms with van der Waals surface area (Å²) in [7, 11) is 0. The average molecular weight is 234 g/mol. The van der Waals surface area contributed by atoms with Crippen LogP contribution in [0.5, 0.6) is 0 Å². The Bertz CT molecular complexity index is 387. The zero-order chi connectivity index (χ0) is 12.1. The summed E-state index contributed by atoms with van der Waals surface area (Å²) in [5.74, 6) is 1.18. The van der Waals surface area contributed by atoms with Gasteiger partial charge in [-0.1, -0.05) is 12.8 Å². The lowest BCUT2D eigenvalue weighted by Crippen LogP contribution is -2.25. The third-order valence-corrected chi connectivity index (χ3v) is 3.05. The second kappa shape index (κ2) is 5.67. The first-order chi connectivity index (χ1) is 8.29. The molecule has 1 fully saturated rings. The Morgan fingerprint density at radius 3 is 2.71 bits per heavy atom. The van der Waals surface area contributed by atoms with Crippen LogP contribution in [0.1, 0.15) is 38.5 Å². The lowest BCUT2D eigenvalue weighted by molar-refractivity contribution is 0.368. The van der Waals surface area contributed by atoms with E-state index >= 15 is 0 Å². The summed E-state index contributed by atoms with van der Waals surface area (Å²) in [5.41, 5.74) is 0. The topological polar surface area (TPSA) is 66.0 Å². The summed E-state index contributed by atoms with van der Waals surface area (Å²) in [5, 5.41) is 12.7. The Labute approximate surface area is 101 Å². The fourth-order valence-electron chi connectivity index (χ4n) is 2.04. The highest BCUT2D eigenvalue weighted by Crippen LogP contribution is 2.17. The minimum Gasteiger partial charge on any atom is -0.338 e. The second-order valence-corrected chi connectivity index (χ2v) is 4.62. The van der Waals surface area contributed by atoms with E-state index in [9.17, 15) is 0 Å². The Kier molecular flexibility index (Phi) is 3.97. The second-order valence-electron chi connectivity index (χ2n) is 4.62. The van der Waals surface area contributed by atoms with Gasteiger partial charge < -0.3 is 9.42 Å². The fraction of sp³-hybridized carbons (Fsp3) is 0.750. The molecule has 0 amide bonds. The van der Waals surface area contributed by atoms with Gasteiger partial charge >= 0.3 is 0 Å². The molecule has 0 aromatic carbocycles. The standard InChI is InChI=1S/C12H18N4O/c1-10(9-13)8-11-14-12(15-17-11)16-6-4-2-3-5-7-16/h10H,2-8H2,1H3. The molecule has 17 heavy (non-hydrogen) atoms. The van der Waals surface area contributed by atoms with Gasteiger partial charge in [-0.05, 0) is 24.9 Å². The smallest absolute Gasteiger partial charge is 0.266 e. The molecule has 1 aliphatic heterocycles. The van der Waals surface area contributed by atoms with E-state index in [4.69, 9.17) is 9.78 Å². The van der Waals surface area contributed by atoms with Crippen LogP contribution in [-0.4, -0.2) is 23.2 Å². The van der Waals surface area contributed by atoms with Crippen molar-refractivity contribution in [2.24, 2.45) is 5.92 Å². The zero-order valence-electron chi connectivity index (χ0n) is 10.2. The summed E-state index contributed by atoms with van der Waals surface area (Å²) in [6.45, 7) is 3.87. The van der Waals surface area contributed by atoms with Crippen LogP contribution in [0.2, 0.25) is 0 Å². The van der Waals surface area contributed by atoms with Crippen molar-refractivity contribution in [3.63, 3.8) is 0 Å². The summed E-state index contributed by atoms with van der Waals surface area (Å²) >= 11 is 0. The minimum atomic E-state index is -0.0765. The van der Waals surface area contributed by atoms with E-state index < -0.39 is 0 Å². The summed E-state index contributed by atoms with van der Waals surface area (Å²) < 4.78 is 5.18. The van der Waals surface area contributed by atoms with Gasteiger partial charge in [-0.3, -0.25) is 0 Å². The molecule has 5 nitrogen and oxygen atoms in total. The first-order valence-electron chi connectivity index (χ1n) is 6.27. The maximum atomic E-state index is 8.74. The molecule has 2 rings (SSSR count). The summed E-state index contributed by atoms with van der Waals surface area (Å²) in [6.07, 6.45) is 5.49. The zero-order valence-corrected chi connectivity index (χ0v) is 10.2. The van der Waals surface area contributed by atoms with E-state index in [1.165, 1.54) is 25.7 Å². The van der Waals surface area contributed by atoms with E-state index in [0.717, 1.165) is 13.1 Å². The number of nitriles is 1. The average Bonchev–Trinajstić information content (AvgIpc) is 2.63. The third-order valence-electron chi connectivity index (χ3n) is 3.05. The van der Waals surface area contributed by atoms with Crippen LogP contribution < -0.4 is 4.90 Å². The van der Waals surface area contributed by atoms with Crippen LogP contribution in [0.15, 0.2) is 4.52 Å². The van der Waals surface area contributed by atoms with Crippen molar-refractivity contribution in [1.82, 2.24) is 10.1 Å². The molecule has 1 aliphatic rings. The minimum absolute atomic E-state index is 0.0765. The summed E-state index contributed by atoms with van der Waals surface area (Å²) in [4.78, 5) is 6.54. The molecule has 1 aromatic heterocycles. The molecular formula is C12H18N4O. The molecule has 2 heterocycles. The Hall–Kier alpha value is -1.57. The lowest BCUT2D eigenvalue weighted by Gasteiger charge is -2.16. The van der Waals surface area contributed by atoms with Crippen LogP contribution in [0.3, 0.4) is 0 Å². The molecule has 1 saturated heterocycles. The monoisotopic (exact) mass is 234 g/mol. The number of hydrogen-bond donors (Lipinski definition) is 0. The van der Waals surface area contributed by atoms with E-state index in [1.807, 2.05) is 6.92 Å². The fourth-order valence-corrected chi connectivity index (χ4v) is 2.04. The van der Waals surface area contributed by atoms with Crippen molar-refractivity contribution in [2.45, 2.75) is 39.0 Å². The third kappa shape index (κ3) is 3.19. The van der Waals surface area contributed by atoms with Gasteiger partial charge in [0, 0.05) is 19.5 Å². The van der Waals surface area contributed by atoms with Gasteiger partial charge in [-0.25, -0.2) is 0 Å². The maximum absolute atomic E-state index is 8.74. The van der Waals surface area contributed by atoms with Crippen molar-refractivity contribution in [2.75, 3.05) is 18.0 Å². The van der Waals surface area contributed by atoms with Gasteiger partial charge in [0.25, 0.3) is 5.95 Å². The molecule has 92 valence electrons. The molecule has 0 spiro atoms. The SMILES string of the molecule is CC(C#N)Cc1nc(N2CCCCCC2)no1. The highest BCUT2D eigenvalue weighted by molar-refractivity contribution is 5.27. The predicted molar refractivity (Wildman–Crippen MR) is 63.5 cm³/mol. The molecule has 1 atom stereocenters. The van der Waals surface area contributed by atoms with Crippen molar-refractivity contribution in [3.05, 3.63) is 5.89 Å². The molecule has 0 aliphatic carbocycles. The maximum Gasteiger partial charge on any atom is 0.266 e. The largest absolute Gasteiger partial charge is 0.338 e. The molecule has 5 heteroatoms. The Morgan fingerprint density at radius 1 is 1.35 bits per heavy atom. The van der Waals surface area contributed by atoms with Gasteiger partial charge in [-0.2, -0.15) is 10.2 Å². The molecule has 1 aromatic rings. The molecule has 1 unspecified atom stereocenters. The van der Waals surface area contributed by atoms with E-state index in [-0.39, 0.29) is 5.92 Å². The lowest BCUT2D eigenvalue weighted by atomic mass is 10.1. The molecular weight excluding hydrogens is 216 g/mol. The van der Waals surface area contributed by atoms with Gasteiger partial charge in [0.15, 0.2) is 0 Å². The van der Waals surface area contributed by atoms with Crippen LogP contribution >= 0.6 is 0 Å². The van der Waals surface area contributed by atoms with Crippen molar-refractivity contribution in [1.29, 1.82) is 5.26 Å². The number of rotatable bonds is 3. The van der Waals surface area contributed by atoms with Crippen LogP contribution in [0.25, 0.3) is 0 Å². The first kappa shape index (κ1) is 11.9. The number of anilines is 1. The Morgan fingerprint density at radius 2 is 2.06 bits per heavy atom. The molecule has 0 radical (unpaired) electrons. The highest BCUT2D eigenvalue weighted by atomic mass is 16.5. The summed E-state index contributed by atoms with van der Waals surface area (Å²) in [6, 6.07) is 2.17. The van der Waals surface area contributed by atoms with Gasteiger partial charge in [-0.15, -0.1) is 0 Å². The van der Waals surface area contributed by atoms with Crippen molar-refractivity contribution < 1.29 is 4.52 Å². The quantitative estimate of drug-likeness (QED) is 0.801. The van der Waals surface area contributed by atoms with Crippen molar-refractivity contribution >= 4 is 5.95 Å². The van der Waals surface area contributed by atoms with Crippen LogP contribution in [-0.2, 0) is 6.42 Å². The van der Waals surface area contributed by atoms with Crippen LogP contribution in [0.4, 0.5) is 5.95 Å². The van der Waals surface area contributed by atoms with E-state index in [1.54, 1.807) is 0 Å². The first-order valence-corrected chi connectivity index (χ1v) is 6.27. The molecule has 0 saturated carbocycles. The molecule has 0 N–H and O–H groups in total. The number of nitrogens with zero attached hydrogens (tertiary/aromatic N) is 4. The Balaban J connectivity index is 1.99. The van der Waals surface area contributed by atoms with E-state index in [2.05, 4.69) is 21.1 Å². The van der Waals surface area contributed by atoms with Crippen LogP contribution in [0, 0.1) is 17.2 Å². The van der Waals surface area contributed by atoms with Gasteiger partial charge in [0.05, 0.1) is 12.0 Å². The van der Waals surface area contributed by atoms with Gasteiger partial charge in [0.2, 0.25) is 5.89 Å². The van der Waals surface area contributed by atoms with Gasteiger partial charge in [0.1, 0.15) is 0 Å². The van der Waals surface area contributed by atoms with E-state index in [0.29, 0.717) is 18.3 Å². The normalized spacial score (nSPS) is 18.5. The molecule has 0 bridgehead atoms. The van der Waals surface area contributed by atoms with Crippen molar-refractivity contribution in [3.8, 4) is 6.07 Å². The number of hydrogen-bond acceptors (Lipinski definition) is 5. The number of aromatic nitrogens is 2.